The minimum absolute atomic E-state index is 0.230. The number of nitrogens with two attached hydrogens (primary N) is 1. The predicted molar refractivity (Wildman–Crippen MR) is 124 cm³/mol. The molecule has 0 saturated heterocycles. The highest BCUT2D eigenvalue weighted by Crippen LogP contribution is 2.37. The molecule has 0 heterocycles. The van der Waals surface area contributed by atoms with Gasteiger partial charge in [0.1, 0.15) is 11.5 Å². The number of hydrogen-bond acceptors (Lipinski definition) is 5. The highest BCUT2D eigenvalue weighted by atomic mass is 35.5. The molecule has 7 nitrogen and oxygen atoms in total. The molecule has 0 aliphatic heterocycles. The van der Waals surface area contributed by atoms with Gasteiger partial charge in [0.25, 0.3) is 0 Å². The van der Waals surface area contributed by atoms with Crippen molar-refractivity contribution in [2.45, 2.75) is 18.4 Å². The van der Waals surface area contributed by atoms with Crippen LogP contribution in [0.15, 0.2) is 72.8 Å². The lowest BCUT2D eigenvalue weighted by atomic mass is 9.93. The van der Waals surface area contributed by atoms with Crippen molar-refractivity contribution in [3.05, 3.63) is 83.4 Å². The molecule has 3 rings (SSSR count). The van der Waals surface area contributed by atoms with E-state index < -0.39 is 26.6 Å². The van der Waals surface area contributed by atoms with E-state index in [0.717, 1.165) is 28.2 Å². The third kappa shape index (κ3) is 7.15. The normalized spacial score (nSPS) is 13.5. The van der Waals surface area contributed by atoms with Crippen LogP contribution in [0.4, 0.5) is 0 Å². The monoisotopic (exact) mass is 477 g/mol. The van der Waals surface area contributed by atoms with Crippen LogP contribution in [0.2, 0.25) is 5.02 Å². The number of aliphatic hydroxyl groups is 1. The van der Waals surface area contributed by atoms with Crippen LogP contribution in [0.25, 0.3) is 11.1 Å². The zero-order valence-corrected chi connectivity index (χ0v) is 18.9. The first-order valence-electron chi connectivity index (χ1n) is 9.89. The average molecular weight is 478 g/mol. The highest BCUT2D eigenvalue weighted by Gasteiger charge is 2.28. The van der Waals surface area contributed by atoms with Gasteiger partial charge < -0.3 is 25.4 Å². The van der Waals surface area contributed by atoms with Crippen LogP contribution < -0.4 is 10.5 Å². The van der Waals surface area contributed by atoms with Gasteiger partial charge in [-0.15, -0.1) is 0 Å². The van der Waals surface area contributed by atoms with E-state index in [1.165, 1.54) is 0 Å². The minimum Gasteiger partial charge on any atom is -0.457 e. The Bertz CT molecular complexity index is 1070. The van der Waals surface area contributed by atoms with Gasteiger partial charge >= 0.3 is 7.82 Å². The molecule has 9 heteroatoms. The van der Waals surface area contributed by atoms with E-state index in [9.17, 15) is 9.67 Å². The van der Waals surface area contributed by atoms with Gasteiger partial charge in [-0.05, 0) is 59.9 Å². The standard InChI is InChI=1S/C23H25ClNO6P/c24-22-14-19(17-8-10-21(11-9-17)31-20-4-2-1-3-5-20)7-6-18(22)12-13-23(25,15-26)16-30-32(27,28)29/h1-11,14,26H,12-13,15-16,25H2,(H2,27,28,29). The fourth-order valence-corrected chi connectivity index (χ4v) is 3.76. The van der Waals surface area contributed by atoms with Crippen LogP contribution in [-0.2, 0) is 15.5 Å². The first kappa shape index (κ1) is 24.4. The van der Waals surface area contributed by atoms with Crippen molar-refractivity contribution in [3.8, 4) is 22.6 Å². The number of aliphatic hydroxyl groups excluding tert-OH is 1. The van der Waals surface area contributed by atoms with E-state index in [1.54, 1.807) is 0 Å². The summed E-state index contributed by atoms with van der Waals surface area (Å²) in [5.74, 6) is 1.49. The summed E-state index contributed by atoms with van der Waals surface area (Å²) in [6.45, 7) is -0.957. The minimum atomic E-state index is -4.67. The summed E-state index contributed by atoms with van der Waals surface area (Å²) in [7, 11) is -4.67. The Labute approximate surface area is 191 Å². The number of ether oxygens (including phenoxy) is 1. The van der Waals surface area contributed by atoms with Crippen molar-refractivity contribution < 1.29 is 28.7 Å². The van der Waals surface area contributed by atoms with E-state index in [0.29, 0.717) is 11.4 Å². The van der Waals surface area contributed by atoms with Gasteiger partial charge in [-0.2, -0.15) is 0 Å². The van der Waals surface area contributed by atoms with Crippen molar-refractivity contribution in [3.63, 3.8) is 0 Å². The average Bonchev–Trinajstić information content (AvgIpc) is 2.78. The van der Waals surface area contributed by atoms with Gasteiger partial charge in [-0.25, -0.2) is 4.57 Å². The third-order valence-corrected chi connectivity index (χ3v) is 5.76. The molecule has 0 aliphatic rings. The Kier molecular flexibility index (Phi) is 8.09. The highest BCUT2D eigenvalue weighted by molar-refractivity contribution is 7.46. The molecular weight excluding hydrogens is 453 g/mol. The number of halogens is 1. The Hall–Kier alpha value is -2.22. The Morgan fingerprint density at radius 2 is 1.56 bits per heavy atom. The lowest BCUT2D eigenvalue weighted by molar-refractivity contribution is 0.102. The van der Waals surface area contributed by atoms with E-state index in [-0.39, 0.29) is 6.42 Å². The predicted octanol–water partition coefficient (Wildman–Crippen LogP) is 4.53. The van der Waals surface area contributed by atoms with Crippen molar-refractivity contribution >= 4 is 19.4 Å². The molecule has 1 unspecified atom stereocenters. The number of phosphoric ester groups is 1. The van der Waals surface area contributed by atoms with Crippen molar-refractivity contribution in [2.75, 3.05) is 13.2 Å². The van der Waals surface area contributed by atoms with Gasteiger partial charge in [0.15, 0.2) is 0 Å². The lowest BCUT2D eigenvalue weighted by Gasteiger charge is -2.27. The molecule has 0 aliphatic carbocycles. The summed E-state index contributed by atoms with van der Waals surface area (Å²) in [6, 6.07) is 22.8. The Morgan fingerprint density at radius 1 is 0.938 bits per heavy atom. The number of para-hydroxylation sites is 1. The number of benzene rings is 3. The van der Waals surface area contributed by atoms with Crippen LogP contribution in [0.3, 0.4) is 0 Å². The quantitative estimate of drug-likeness (QED) is 0.316. The zero-order valence-electron chi connectivity index (χ0n) is 17.2. The van der Waals surface area contributed by atoms with Gasteiger partial charge in [0.2, 0.25) is 0 Å². The van der Waals surface area contributed by atoms with Crippen LogP contribution in [0.1, 0.15) is 12.0 Å². The van der Waals surface area contributed by atoms with Crippen LogP contribution in [0.5, 0.6) is 11.5 Å². The maximum atomic E-state index is 10.9. The fourth-order valence-electron chi connectivity index (χ4n) is 3.06. The molecule has 0 fully saturated rings. The molecule has 0 aromatic heterocycles. The summed E-state index contributed by atoms with van der Waals surface area (Å²) in [6.07, 6.45) is 0.638. The summed E-state index contributed by atoms with van der Waals surface area (Å²) in [5, 5.41) is 10.1. The molecule has 32 heavy (non-hydrogen) atoms. The van der Waals surface area contributed by atoms with Crippen molar-refractivity contribution in [1.29, 1.82) is 0 Å². The van der Waals surface area contributed by atoms with E-state index in [2.05, 4.69) is 4.52 Å². The molecule has 5 N–H and O–H groups in total. The number of aryl methyl sites for hydroxylation is 1. The molecule has 3 aromatic carbocycles. The maximum Gasteiger partial charge on any atom is 0.469 e. The van der Waals surface area contributed by atoms with Gasteiger partial charge in [0, 0.05) is 5.02 Å². The second-order valence-corrected chi connectivity index (χ2v) is 9.18. The largest absolute Gasteiger partial charge is 0.469 e. The first-order valence-corrected chi connectivity index (χ1v) is 11.8. The summed E-state index contributed by atoms with van der Waals surface area (Å²) >= 11 is 6.46. The molecule has 3 aromatic rings. The molecule has 170 valence electrons. The van der Waals surface area contributed by atoms with Gasteiger partial charge in [-0.1, -0.05) is 54.1 Å². The summed E-state index contributed by atoms with van der Waals surface area (Å²) in [5.41, 5.74) is 7.43. The molecule has 0 amide bonds. The Morgan fingerprint density at radius 3 is 2.16 bits per heavy atom. The van der Waals surface area contributed by atoms with Gasteiger partial charge in [0.05, 0.1) is 18.8 Å². The summed E-state index contributed by atoms with van der Waals surface area (Å²) in [4.78, 5) is 17.7. The molecule has 0 radical (unpaired) electrons. The second kappa shape index (κ2) is 10.6. The van der Waals surface area contributed by atoms with Crippen molar-refractivity contribution in [1.82, 2.24) is 0 Å². The smallest absolute Gasteiger partial charge is 0.457 e. The maximum absolute atomic E-state index is 10.9. The molecule has 0 saturated carbocycles. The Balaban J connectivity index is 1.65. The fraction of sp³-hybridized carbons (Fsp3) is 0.217. The SMILES string of the molecule is NC(CO)(CCc1ccc(-c2ccc(Oc3ccccc3)cc2)cc1Cl)COP(=O)(O)O. The van der Waals surface area contributed by atoms with Gasteiger partial charge in [-0.3, -0.25) is 4.52 Å². The topological polar surface area (TPSA) is 122 Å². The third-order valence-electron chi connectivity index (χ3n) is 4.95. The lowest BCUT2D eigenvalue weighted by Crippen LogP contribution is -2.48. The zero-order chi connectivity index (χ0) is 23.2. The first-order chi connectivity index (χ1) is 15.2. The molecule has 0 bridgehead atoms. The van der Waals surface area contributed by atoms with E-state index in [1.807, 2.05) is 72.8 Å². The number of hydrogen-bond donors (Lipinski definition) is 4. The molecule has 1 atom stereocenters. The summed E-state index contributed by atoms with van der Waals surface area (Å²) < 4.78 is 21.2. The van der Waals surface area contributed by atoms with Crippen LogP contribution in [0, 0.1) is 0 Å². The van der Waals surface area contributed by atoms with Crippen molar-refractivity contribution in [2.24, 2.45) is 5.73 Å². The van der Waals surface area contributed by atoms with Crippen LogP contribution >= 0.6 is 19.4 Å². The number of phosphoric acid groups is 1. The second-order valence-electron chi connectivity index (χ2n) is 7.53. The molecule has 0 spiro atoms. The number of rotatable bonds is 10. The van der Waals surface area contributed by atoms with Crippen LogP contribution in [-0.4, -0.2) is 33.6 Å². The van der Waals surface area contributed by atoms with E-state index >= 15 is 0 Å². The molecular formula is C23H25ClNO6P. The van der Waals surface area contributed by atoms with E-state index in [4.69, 9.17) is 31.9 Å².